The second-order valence-corrected chi connectivity index (χ2v) is 9.31. The van der Waals surface area contributed by atoms with Gasteiger partial charge in [-0.05, 0) is 63.6 Å². The number of benzene rings is 2. The lowest BCUT2D eigenvalue weighted by atomic mass is 10.2. The van der Waals surface area contributed by atoms with Gasteiger partial charge in [-0.3, -0.25) is 0 Å². The third kappa shape index (κ3) is 7.52. The first-order chi connectivity index (χ1) is 13.1. The van der Waals surface area contributed by atoms with Gasteiger partial charge in [0, 0.05) is 28.9 Å². The summed E-state index contributed by atoms with van der Waals surface area (Å²) in [6.07, 6.45) is -0.440. The van der Waals surface area contributed by atoms with E-state index in [1.807, 2.05) is 70.2 Å². The first-order valence-electron chi connectivity index (χ1n) is 8.89. The Morgan fingerprint density at radius 1 is 1.11 bits per heavy atom. The Kier molecular flexibility index (Phi) is 7.88. The van der Waals surface area contributed by atoms with E-state index < -0.39 is 22.7 Å². The minimum Gasteiger partial charge on any atom is -0.444 e. The highest BCUT2D eigenvalue weighted by Gasteiger charge is 2.15. The van der Waals surface area contributed by atoms with Crippen LogP contribution in [0, 0.1) is 6.92 Å². The molecule has 0 fully saturated rings. The molecule has 0 aliphatic carbocycles. The molecule has 1 amide bonds. The minimum atomic E-state index is -1.37. The number of rotatable bonds is 7. The lowest BCUT2D eigenvalue weighted by molar-refractivity contribution is 0.0530. The second kappa shape index (κ2) is 9.93. The molecule has 0 saturated heterocycles. The van der Waals surface area contributed by atoms with Crippen LogP contribution in [0.5, 0.6) is 0 Å². The van der Waals surface area contributed by atoms with E-state index in [2.05, 4.69) is 31.3 Å². The molecule has 2 aromatic rings. The Balaban J connectivity index is 1.87. The van der Waals surface area contributed by atoms with Crippen LogP contribution in [0.2, 0.25) is 0 Å². The van der Waals surface area contributed by atoms with Crippen LogP contribution in [0.25, 0.3) is 0 Å². The standard InChI is InChI=1S/C20H26BrN3O3S/c1-14-8-9-15(21)12-18(14)28(26)24-17-7-5-6-16(13-17)22-10-11-23-19(25)27-20(2,3)4/h5-9,12-13,22,24H,10-11H2,1-4H3,(H,23,25). The van der Waals surface area contributed by atoms with Crippen LogP contribution in [0.15, 0.2) is 51.8 Å². The van der Waals surface area contributed by atoms with Crippen molar-refractivity contribution >= 4 is 44.4 Å². The van der Waals surface area contributed by atoms with Crippen molar-refractivity contribution in [2.24, 2.45) is 0 Å². The number of halogens is 1. The Morgan fingerprint density at radius 3 is 2.54 bits per heavy atom. The number of carbonyl (C=O) groups is 1. The molecule has 0 aliphatic rings. The SMILES string of the molecule is Cc1ccc(Br)cc1S(=O)Nc1cccc(NCCNC(=O)OC(C)(C)C)c1. The molecule has 0 heterocycles. The average molecular weight is 468 g/mol. The van der Waals surface area contributed by atoms with Crippen LogP contribution in [0.4, 0.5) is 16.2 Å². The van der Waals surface area contributed by atoms with Gasteiger partial charge < -0.3 is 20.1 Å². The highest BCUT2D eigenvalue weighted by atomic mass is 79.9. The normalized spacial score (nSPS) is 12.2. The monoisotopic (exact) mass is 467 g/mol. The molecule has 8 heteroatoms. The summed E-state index contributed by atoms with van der Waals surface area (Å²) in [5, 5.41) is 5.92. The van der Waals surface area contributed by atoms with Crippen molar-refractivity contribution in [1.82, 2.24) is 5.32 Å². The van der Waals surface area contributed by atoms with E-state index >= 15 is 0 Å². The first-order valence-corrected chi connectivity index (χ1v) is 10.8. The molecule has 28 heavy (non-hydrogen) atoms. The lowest BCUT2D eigenvalue weighted by Crippen LogP contribution is -2.34. The number of hydrogen-bond acceptors (Lipinski definition) is 4. The van der Waals surface area contributed by atoms with E-state index in [0.717, 1.165) is 26.3 Å². The smallest absolute Gasteiger partial charge is 0.407 e. The third-order valence-corrected chi connectivity index (χ3v) is 5.30. The third-order valence-electron chi connectivity index (χ3n) is 3.55. The number of alkyl carbamates (subject to hydrolysis) is 1. The van der Waals surface area contributed by atoms with Gasteiger partial charge in [0.05, 0.1) is 4.90 Å². The molecule has 0 bridgehead atoms. The van der Waals surface area contributed by atoms with E-state index in [4.69, 9.17) is 4.74 Å². The van der Waals surface area contributed by atoms with Gasteiger partial charge in [0.25, 0.3) is 0 Å². The van der Waals surface area contributed by atoms with Crippen LogP contribution >= 0.6 is 15.9 Å². The first kappa shape index (κ1) is 22.2. The molecule has 2 aromatic carbocycles. The van der Waals surface area contributed by atoms with Crippen LogP contribution in [-0.2, 0) is 15.7 Å². The molecular formula is C20H26BrN3O3S. The highest BCUT2D eigenvalue weighted by Crippen LogP contribution is 2.22. The van der Waals surface area contributed by atoms with Gasteiger partial charge in [-0.15, -0.1) is 0 Å². The van der Waals surface area contributed by atoms with Crippen molar-refractivity contribution in [2.75, 3.05) is 23.1 Å². The number of carbonyl (C=O) groups excluding carboxylic acids is 1. The Morgan fingerprint density at radius 2 is 1.82 bits per heavy atom. The summed E-state index contributed by atoms with van der Waals surface area (Å²) in [4.78, 5) is 12.4. The fraction of sp³-hybridized carbons (Fsp3) is 0.350. The van der Waals surface area contributed by atoms with Gasteiger partial charge >= 0.3 is 6.09 Å². The zero-order valence-corrected chi connectivity index (χ0v) is 18.9. The van der Waals surface area contributed by atoms with Crippen LogP contribution in [0.3, 0.4) is 0 Å². The van der Waals surface area contributed by atoms with Gasteiger partial charge in [0.2, 0.25) is 0 Å². The highest BCUT2D eigenvalue weighted by molar-refractivity contribution is 9.10. The van der Waals surface area contributed by atoms with Gasteiger partial charge in [0.1, 0.15) is 5.60 Å². The summed E-state index contributed by atoms with van der Waals surface area (Å²) in [7, 11) is -1.37. The summed E-state index contributed by atoms with van der Waals surface area (Å²) in [5.41, 5.74) is 2.04. The predicted molar refractivity (Wildman–Crippen MR) is 118 cm³/mol. The lowest BCUT2D eigenvalue weighted by Gasteiger charge is -2.19. The number of hydrogen-bond donors (Lipinski definition) is 3. The van der Waals surface area contributed by atoms with Crippen molar-refractivity contribution in [2.45, 2.75) is 38.2 Å². The summed E-state index contributed by atoms with van der Waals surface area (Å²) in [6, 6.07) is 13.2. The van der Waals surface area contributed by atoms with Crippen molar-refractivity contribution in [3.8, 4) is 0 Å². The fourth-order valence-corrected chi connectivity index (χ4v) is 3.87. The summed E-state index contributed by atoms with van der Waals surface area (Å²) in [5.74, 6) is 0. The quantitative estimate of drug-likeness (QED) is 0.509. The van der Waals surface area contributed by atoms with Gasteiger partial charge in [-0.25, -0.2) is 9.00 Å². The maximum atomic E-state index is 12.6. The average Bonchev–Trinajstić information content (AvgIpc) is 2.59. The molecule has 1 unspecified atom stereocenters. The van der Waals surface area contributed by atoms with Crippen LogP contribution in [-0.4, -0.2) is 29.0 Å². The maximum Gasteiger partial charge on any atom is 0.407 e. The van der Waals surface area contributed by atoms with E-state index in [1.54, 1.807) is 0 Å². The van der Waals surface area contributed by atoms with Crippen molar-refractivity contribution in [3.05, 3.63) is 52.5 Å². The van der Waals surface area contributed by atoms with Gasteiger partial charge in [-0.2, -0.15) is 0 Å². The van der Waals surface area contributed by atoms with Gasteiger partial charge in [-0.1, -0.05) is 28.1 Å². The molecule has 0 aliphatic heterocycles. The number of nitrogens with one attached hydrogen (secondary N) is 3. The molecule has 0 saturated carbocycles. The fourth-order valence-electron chi connectivity index (χ4n) is 2.31. The number of ether oxygens (including phenoxy) is 1. The zero-order chi connectivity index (χ0) is 20.7. The zero-order valence-electron chi connectivity index (χ0n) is 16.5. The molecule has 152 valence electrons. The van der Waals surface area contributed by atoms with E-state index in [0.29, 0.717) is 13.1 Å². The number of amides is 1. The molecule has 3 N–H and O–H groups in total. The second-order valence-electron chi connectivity index (χ2n) is 7.22. The van der Waals surface area contributed by atoms with Crippen molar-refractivity contribution in [3.63, 3.8) is 0 Å². The Hall–Kier alpha value is -2.06. The number of aryl methyl sites for hydroxylation is 1. The Labute approximate surface area is 177 Å². The Bertz CT molecular complexity index is 853. The molecule has 2 rings (SSSR count). The number of anilines is 2. The molecule has 6 nitrogen and oxygen atoms in total. The largest absolute Gasteiger partial charge is 0.444 e. The summed E-state index contributed by atoms with van der Waals surface area (Å²) < 4.78 is 21.7. The maximum absolute atomic E-state index is 12.6. The molecule has 0 radical (unpaired) electrons. The van der Waals surface area contributed by atoms with Crippen LogP contribution in [0.1, 0.15) is 26.3 Å². The van der Waals surface area contributed by atoms with E-state index in [1.165, 1.54) is 0 Å². The van der Waals surface area contributed by atoms with Crippen LogP contribution < -0.4 is 15.4 Å². The summed E-state index contributed by atoms with van der Waals surface area (Å²) >= 11 is 3.41. The molecule has 0 aromatic heterocycles. The topological polar surface area (TPSA) is 79.5 Å². The van der Waals surface area contributed by atoms with Crippen molar-refractivity contribution < 1.29 is 13.7 Å². The minimum absolute atomic E-state index is 0.426. The molecule has 0 spiro atoms. The van der Waals surface area contributed by atoms with Gasteiger partial charge in [0.15, 0.2) is 11.0 Å². The van der Waals surface area contributed by atoms with E-state index in [9.17, 15) is 9.00 Å². The predicted octanol–water partition coefficient (Wildman–Crippen LogP) is 4.83. The summed E-state index contributed by atoms with van der Waals surface area (Å²) in [6.45, 7) is 8.36. The molecular weight excluding hydrogens is 442 g/mol. The van der Waals surface area contributed by atoms with Crippen molar-refractivity contribution in [1.29, 1.82) is 0 Å². The molecule has 1 atom stereocenters. The van der Waals surface area contributed by atoms with E-state index in [-0.39, 0.29) is 0 Å².